The molecule has 0 bridgehead atoms. The number of carbonyl (C=O) groups is 3. The second kappa shape index (κ2) is 5.91. The number of hydrogen-bond acceptors (Lipinski definition) is 3. The minimum Gasteiger partial charge on any atom is -0.480 e. The number of aliphatic carboxylic acids is 1. The Labute approximate surface area is 124 Å². The first-order valence-electron chi connectivity index (χ1n) is 7.37. The van der Waals surface area contributed by atoms with Crippen LogP contribution < -0.4 is 5.32 Å². The van der Waals surface area contributed by atoms with Crippen LogP contribution in [0, 0.1) is 5.92 Å². The summed E-state index contributed by atoms with van der Waals surface area (Å²) in [4.78, 5) is 38.6. The highest BCUT2D eigenvalue weighted by Gasteiger charge is 2.46. The Kier molecular flexibility index (Phi) is 4.39. The number of carboxylic acids is 1. The molecule has 7 heteroatoms. The van der Waals surface area contributed by atoms with E-state index in [0.717, 1.165) is 6.42 Å². The molecule has 7 nitrogen and oxygen atoms in total. The Balaban J connectivity index is 1.86. The molecule has 2 rings (SSSR count). The van der Waals surface area contributed by atoms with Crippen molar-refractivity contribution in [1.29, 1.82) is 0 Å². The summed E-state index contributed by atoms with van der Waals surface area (Å²) in [6.45, 7) is 1.07. The van der Waals surface area contributed by atoms with Crippen LogP contribution in [0.25, 0.3) is 0 Å². The Morgan fingerprint density at radius 3 is 2.14 bits per heavy atom. The molecule has 2 N–H and O–H groups in total. The van der Waals surface area contributed by atoms with Crippen LogP contribution in [0.2, 0.25) is 0 Å². The molecule has 1 aliphatic heterocycles. The van der Waals surface area contributed by atoms with Crippen LogP contribution in [-0.2, 0) is 9.59 Å². The molecular formula is C14H23N3O4. The normalized spacial score (nSPS) is 21.3. The smallest absolute Gasteiger partial charge is 0.329 e. The molecule has 0 unspecified atom stereocenters. The molecule has 2 aliphatic rings. The number of carbonyl (C=O) groups excluding carboxylic acids is 2. The highest BCUT2D eigenvalue weighted by Crippen LogP contribution is 2.33. The Morgan fingerprint density at radius 1 is 1.19 bits per heavy atom. The van der Waals surface area contributed by atoms with Gasteiger partial charge in [0.1, 0.15) is 5.54 Å². The molecule has 2 fully saturated rings. The number of nitrogens with zero attached hydrogens (tertiary/aromatic N) is 2. The lowest BCUT2D eigenvalue weighted by molar-refractivity contribution is -0.152. The predicted octanol–water partition coefficient (Wildman–Crippen LogP) is 0.504. The van der Waals surface area contributed by atoms with Gasteiger partial charge in [-0.3, -0.25) is 4.79 Å². The summed E-state index contributed by atoms with van der Waals surface area (Å²) in [6, 6.07) is -0.0464. The number of likely N-dealkylation sites (tertiary alicyclic amines) is 1. The highest BCUT2D eigenvalue weighted by molar-refractivity contribution is 5.89. The van der Waals surface area contributed by atoms with Crippen molar-refractivity contribution in [2.24, 2.45) is 5.92 Å². The number of hydrogen-bond donors (Lipinski definition) is 2. The molecule has 3 amide bonds. The SMILES string of the molecule is CN(C)C(=O)N1CCC(C(=O)NC2(C(=O)O)CCC2)CC1. The van der Waals surface area contributed by atoms with Gasteiger partial charge in [0.2, 0.25) is 5.91 Å². The van der Waals surface area contributed by atoms with Crippen molar-refractivity contribution in [3.05, 3.63) is 0 Å². The standard InChI is InChI=1S/C14H23N3O4/c1-16(2)13(21)17-8-4-10(5-9-17)11(18)15-14(12(19)20)6-3-7-14/h10H,3-9H2,1-2H3,(H,15,18)(H,19,20). The van der Waals surface area contributed by atoms with Gasteiger partial charge < -0.3 is 20.2 Å². The quantitative estimate of drug-likeness (QED) is 0.794. The molecule has 1 heterocycles. The van der Waals surface area contributed by atoms with E-state index >= 15 is 0 Å². The van der Waals surface area contributed by atoms with Gasteiger partial charge >= 0.3 is 12.0 Å². The maximum Gasteiger partial charge on any atom is 0.329 e. The van der Waals surface area contributed by atoms with Gasteiger partial charge in [-0.2, -0.15) is 0 Å². The van der Waals surface area contributed by atoms with E-state index in [4.69, 9.17) is 0 Å². The zero-order valence-corrected chi connectivity index (χ0v) is 12.6. The maximum atomic E-state index is 12.2. The van der Waals surface area contributed by atoms with Crippen LogP contribution in [0.15, 0.2) is 0 Å². The van der Waals surface area contributed by atoms with Crippen molar-refractivity contribution in [2.45, 2.75) is 37.6 Å². The monoisotopic (exact) mass is 297 g/mol. The second-order valence-electron chi connectivity index (χ2n) is 6.17. The second-order valence-corrected chi connectivity index (χ2v) is 6.17. The fourth-order valence-corrected chi connectivity index (χ4v) is 2.88. The Bertz CT molecular complexity index is 438. The zero-order valence-electron chi connectivity index (χ0n) is 12.6. The van der Waals surface area contributed by atoms with E-state index in [1.807, 2.05) is 0 Å². The fourth-order valence-electron chi connectivity index (χ4n) is 2.88. The third kappa shape index (κ3) is 3.11. The maximum absolute atomic E-state index is 12.2. The molecular weight excluding hydrogens is 274 g/mol. The number of rotatable bonds is 3. The van der Waals surface area contributed by atoms with E-state index < -0.39 is 11.5 Å². The molecule has 21 heavy (non-hydrogen) atoms. The summed E-state index contributed by atoms with van der Waals surface area (Å²) in [5.74, 6) is -1.33. The van der Waals surface area contributed by atoms with Gasteiger partial charge in [0.15, 0.2) is 0 Å². The summed E-state index contributed by atoms with van der Waals surface area (Å²) >= 11 is 0. The lowest BCUT2D eigenvalue weighted by Gasteiger charge is -2.40. The van der Waals surface area contributed by atoms with Crippen LogP contribution >= 0.6 is 0 Å². The number of carboxylic acid groups (broad SMARTS) is 1. The van der Waals surface area contributed by atoms with Crippen molar-refractivity contribution in [1.82, 2.24) is 15.1 Å². The lowest BCUT2D eigenvalue weighted by Crippen LogP contribution is -2.60. The van der Waals surface area contributed by atoms with E-state index in [1.165, 1.54) is 4.90 Å². The van der Waals surface area contributed by atoms with Gasteiger partial charge in [0.05, 0.1) is 0 Å². The third-order valence-electron chi connectivity index (χ3n) is 4.50. The van der Waals surface area contributed by atoms with E-state index in [1.54, 1.807) is 19.0 Å². The van der Waals surface area contributed by atoms with Gasteiger partial charge in [-0.15, -0.1) is 0 Å². The predicted molar refractivity (Wildman–Crippen MR) is 75.7 cm³/mol. The molecule has 1 saturated heterocycles. The van der Waals surface area contributed by atoms with Crippen LogP contribution in [0.3, 0.4) is 0 Å². The minimum absolute atomic E-state index is 0.0464. The van der Waals surface area contributed by atoms with E-state index in [2.05, 4.69) is 5.32 Å². The van der Waals surface area contributed by atoms with Crippen molar-refractivity contribution in [3.8, 4) is 0 Å². The first-order valence-corrected chi connectivity index (χ1v) is 7.37. The fraction of sp³-hybridized carbons (Fsp3) is 0.786. The van der Waals surface area contributed by atoms with E-state index in [-0.39, 0.29) is 17.9 Å². The Morgan fingerprint density at radius 2 is 1.76 bits per heavy atom. The van der Waals surface area contributed by atoms with E-state index in [9.17, 15) is 19.5 Å². The Hall–Kier alpha value is -1.79. The van der Waals surface area contributed by atoms with Gasteiger partial charge in [0.25, 0.3) is 0 Å². The topological polar surface area (TPSA) is 90.0 Å². The van der Waals surface area contributed by atoms with Gasteiger partial charge in [-0.1, -0.05) is 0 Å². The third-order valence-corrected chi connectivity index (χ3v) is 4.50. The average Bonchev–Trinajstić information content (AvgIpc) is 2.41. The largest absolute Gasteiger partial charge is 0.480 e. The van der Waals surface area contributed by atoms with Crippen molar-refractivity contribution in [3.63, 3.8) is 0 Å². The van der Waals surface area contributed by atoms with Crippen molar-refractivity contribution in [2.75, 3.05) is 27.2 Å². The summed E-state index contributed by atoms with van der Waals surface area (Å²) in [6.07, 6.45) is 3.02. The lowest BCUT2D eigenvalue weighted by atomic mass is 9.76. The molecule has 0 aromatic heterocycles. The van der Waals surface area contributed by atoms with Gasteiger partial charge in [-0.25, -0.2) is 9.59 Å². The minimum atomic E-state index is -1.05. The van der Waals surface area contributed by atoms with Crippen LogP contribution in [-0.4, -0.2) is 65.5 Å². The number of amides is 3. The molecule has 0 aromatic rings. The van der Waals surface area contributed by atoms with Crippen LogP contribution in [0.1, 0.15) is 32.1 Å². The van der Waals surface area contributed by atoms with Crippen LogP contribution in [0.5, 0.6) is 0 Å². The summed E-state index contributed by atoms with van der Waals surface area (Å²) in [5, 5.41) is 11.9. The number of nitrogens with one attached hydrogen (secondary N) is 1. The molecule has 1 saturated carbocycles. The van der Waals surface area contributed by atoms with E-state index in [0.29, 0.717) is 38.8 Å². The first kappa shape index (κ1) is 15.6. The molecule has 118 valence electrons. The molecule has 0 spiro atoms. The van der Waals surface area contributed by atoms with Gasteiger partial charge in [0, 0.05) is 33.1 Å². The highest BCUT2D eigenvalue weighted by atomic mass is 16.4. The first-order chi connectivity index (χ1) is 9.85. The summed E-state index contributed by atoms with van der Waals surface area (Å²) in [5.41, 5.74) is -1.05. The summed E-state index contributed by atoms with van der Waals surface area (Å²) < 4.78 is 0. The molecule has 0 aromatic carbocycles. The summed E-state index contributed by atoms with van der Waals surface area (Å²) in [7, 11) is 3.41. The van der Waals surface area contributed by atoms with Crippen LogP contribution in [0.4, 0.5) is 4.79 Å². The molecule has 0 radical (unpaired) electrons. The van der Waals surface area contributed by atoms with Crippen molar-refractivity contribution >= 4 is 17.9 Å². The molecule has 1 aliphatic carbocycles. The molecule has 0 atom stereocenters. The van der Waals surface area contributed by atoms with Gasteiger partial charge in [-0.05, 0) is 32.1 Å². The number of urea groups is 1. The van der Waals surface area contributed by atoms with Crippen molar-refractivity contribution < 1.29 is 19.5 Å². The zero-order chi connectivity index (χ0) is 15.6. The average molecular weight is 297 g/mol. The number of piperidine rings is 1.